The van der Waals surface area contributed by atoms with Crippen molar-refractivity contribution in [2.45, 2.75) is 13.3 Å². The van der Waals surface area contributed by atoms with Gasteiger partial charge in [-0.1, -0.05) is 29.8 Å². The number of carbonyl (C=O) groups is 1. The molecule has 16 heavy (non-hydrogen) atoms. The number of anilines is 1. The molecule has 0 saturated heterocycles. The van der Waals surface area contributed by atoms with Gasteiger partial charge in [0.15, 0.2) is 0 Å². The van der Waals surface area contributed by atoms with E-state index < -0.39 is 5.97 Å². The topological polar surface area (TPSA) is 49.3 Å². The standard InChI is InChI=1S/C12H14ClNO2/c1-2-3-4-8-14-10-7-5-6-9(13)11(10)12(15)16/h2-3,5-7,14H,4,8H2,1H3,(H,15,16)/b3-2+. The molecule has 4 heteroatoms. The van der Waals surface area contributed by atoms with E-state index in [0.717, 1.165) is 6.42 Å². The van der Waals surface area contributed by atoms with Gasteiger partial charge < -0.3 is 10.4 Å². The summed E-state index contributed by atoms with van der Waals surface area (Å²) >= 11 is 5.83. The van der Waals surface area contributed by atoms with Crippen LogP contribution in [0, 0.1) is 0 Å². The smallest absolute Gasteiger partial charge is 0.339 e. The van der Waals surface area contributed by atoms with Crippen LogP contribution < -0.4 is 5.32 Å². The monoisotopic (exact) mass is 239 g/mol. The summed E-state index contributed by atoms with van der Waals surface area (Å²) in [7, 11) is 0. The van der Waals surface area contributed by atoms with Gasteiger partial charge in [-0.15, -0.1) is 0 Å². The molecular weight excluding hydrogens is 226 g/mol. The van der Waals surface area contributed by atoms with Crippen LogP contribution in [0.1, 0.15) is 23.7 Å². The predicted molar refractivity (Wildman–Crippen MR) is 66.3 cm³/mol. The predicted octanol–water partition coefficient (Wildman–Crippen LogP) is 3.42. The molecule has 0 heterocycles. The fraction of sp³-hybridized carbons (Fsp3) is 0.250. The number of hydrogen-bond acceptors (Lipinski definition) is 2. The Labute approximate surface area is 99.7 Å². The Morgan fingerprint density at radius 3 is 2.94 bits per heavy atom. The zero-order valence-electron chi connectivity index (χ0n) is 9.03. The minimum absolute atomic E-state index is 0.129. The van der Waals surface area contributed by atoms with Gasteiger partial charge in [-0.2, -0.15) is 0 Å². The number of rotatable bonds is 5. The Kier molecular flexibility index (Phi) is 4.86. The van der Waals surface area contributed by atoms with Crippen molar-refractivity contribution in [1.82, 2.24) is 0 Å². The summed E-state index contributed by atoms with van der Waals surface area (Å²) in [6.07, 6.45) is 4.82. The zero-order chi connectivity index (χ0) is 12.0. The molecule has 0 aliphatic rings. The average molecular weight is 240 g/mol. The fourth-order valence-electron chi connectivity index (χ4n) is 1.35. The quantitative estimate of drug-likeness (QED) is 0.612. The van der Waals surface area contributed by atoms with Crippen LogP contribution in [0.25, 0.3) is 0 Å². The van der Waals surface area contributed by atoms with E-state index in [1.165, 1.54) is 0 Å². The SMILES string of the molecule is C/C=C/CCNc1cccc(Cl)c1C(=O)O. The van der Waals surface area contributed by atoms with Gasteiger partial charge in [0.05, 0.1) is 10.7 Å². The van der Waals surface area contributed by atoms with Crippen LogP contribution in [0.15, 0.2) is 30.4 Å². The lowest BCUT2D eigenvalue weighted by Crippen LogP contribution is -2.07. The van der Waals surface area contributed by atoms with E-state index in [1.54, 1.807) is 18.2 Å². The molecule has 0 bridgehead atoms. The first-order chi connectivity index (χ1) is 7.66. The maximum atomic E-state index is 11.0. The van der Waals surface area contributed by atoms with Crippen LogP contribution in [-0.4, -0.2) is 17.6 Å². The summed E-state index contributed by atoms with van der Waals surface area (Å²) in [5, 5.41) is 12.3. The molecule has 0 aromatic heterocycles. The number of carboxylic acid groups (broad SMARTS) is 1. The summed E-state index contributed by atoms with van der Waals surface area (Å²) in [4.78, 5) is 11.0. The number of nitrogens with one attached hydrogen (secondary N) is 1. The summed E-state index contributed by atoms with van der Waals surface area (Å²) in [6, 6.07) is 5.01. The van der Waals surface area contributed by atoms with Crippen molar-refractivity contribution >= 4 is 23.3 Å². The number of aromatic carboxylic acids is 1. The van der Waals surface area contributed by atoms with Crippen LogP contribution in [0.4, 0.5) is 5.69 Å². The van der Waals surface area contributed by atoms with Crippen LogP contribution in [0.5, 0.6) is 0 Å². The molecule has 0 saturated carbocycles. The Bertz CT molecular complexity index is 402. The minimum atomic E-state index is -1.01. The summed E-state index contributed by atoms with van der Waals surface area (Å²) in [6.45, 7) is 2.63. The van der Waals surface area contributed by atoms with Gasteiger partial charge in [0.2, 0.25) is 0 Å². The highest BCUT2D eigenvalue weighted by molar-refractivity contribution is 6.34. The molecule has 0 aliphatic carbocycles. The molecule has 0 aliphatic heterocycles. The third-order valence-corrected chi connectivity index (χ3v) is 2.40. The normalized spacial score (nSPS) is 10.6. The molecule has 1 rings (SSSR count). The van der Waals surface area contributed by atoms with Crippen molar-refractivity contribution in [2.75, 3.05) is 11.9 Å². The molecule has 0 spiro atoms. The molecule has 0 amide bonds. The third kappa shape index (κ3) is 3.28. The fourth-order valence-corrected chi connectivity index (χ4v) is 1.60. The van der Waals surface area contributed by atoms with E-state index in [-0.39, 0.29) is 10.6 Å². The van der Waals surface area contributed by atoms with E-state index in [1.807, 2.05) is 19.1 Å². The molecule has 0 radical (unpaired) electrons. The number of carboxylic acids is 1. The van der Waals surface area contributed by atoms with Gasteiger partial charge in [-0.05, 0) is 25.5 Å². The second-order valence-corrected chi connectivity index (χ2v) is 3.66. The highest BCUT2D eigenvalue weighted by Gasteiger charge is 2.13. The third-order valence-electron chi connectivity index (χ3n) is 2.09. The van der Waals surface area contributed by atoms with Crippen molar-refractivity contribution in [3.63, 3.8) is 0 Å². The van der Waals surface area contributed by atoms with E-state index in [0.29, 0.717) is 12.2 Å². The number of halogens is 1. The second-order valence-electron chi connectivity index (χ2n) is 3.25. The van der Waals surface area contributed by atoms with Crippen LogP contribution in [0.2, 0.25) is 5.02 Å². The summed E-state index contributed by atoms with van der Waals surface area (Å²) < 4.78 is 0. The van der Waals surface area contributed by atoms with E-state index in [9.17, 15) is 4.79 Å². The average Bonchev–Trinajstić information content (AvgIpc) is 2.24. The zero-order valence-corrected chi connectivity index (χ0v) is 9.79. The molecule has 0 atom stereocenters. The maximum Gasteiger partial charge on any atom is 0.339 e. The molecule has 2 N–H and O–H groups in total. The summed E-state index contributed by atoms with van der Waals surface area (Å²) in [5.74, 6) is -1.01. The van der Waals surface area contributed by atoms with E-state index in [2.05, 4.69) is 5.32 Å². The van der Waals surface area contributed by atoms with Gasteiger partial charge in [-0.25, -0.2) is 4.79 Å². The highest BCUT2D eigenvalue weighted by Crippen LogP contribution is 2.24. The second kappa shape index (κ2) is 6.18. The van der Waals surface area contributed by atoms with Gasteiger partial charge in [0.25, 0.3) is 0 Å². The van der Waals surface area contributed by atoms with Gasteiger partial charge in [0.1, 0.15) is 5.56 Å². The lowest BCUT2D eigenvalue weighted by molar-refractivity contribution is 0.0698. The number of hydrogen-bond donors (Lipinski definition) is 2. The first-order valence-corrected chi connectivity index (χ1v) is 5.41. The van der Waals surface area contributed by atoms with Gasteiger partial charge >= 0.3 is 5.97 Å². The number of allylic oxidation sites excluding steroid dienone is 1. The van der Waals surface area contributed by atoms with E-state index in [4.69, 9.17) is 16.7 Å². The van der Waals surface area contributed by atoms with Crippen molar-refractivity contribution < 1.29 is 9.90 Å². The van der Waals surface area contributed by atoms with Crippen molar-refractivity contribution in [1.29, 1.82) is 0 Å². The maximum absolute atomic E-state index is 11.0. The Hall–Kier alpha value is -1.48. The molecule has 0 fully saturated rings. The molecule has 1 aromatic carbocycles. The van der Waals surface area contributed by atoms with Crippen LogP contribution in [-0.2, 0) is 0 Å². The lowest BCUT2D eigenvalue weighted by atomic mass is 10.1. The molecule has 1 aromatic rings. The van der Waals surface area contributed by atoms with Crippen molar-refractivity contribution in [2.24, 2.45) is 0 Å². The first kappa shape index (κ1) is 12.6. The van der Waals surface area contributed by atoms with Crippen molar-refractivity contribution in [3.8, 4) is 0 Å². The number of benzene rings is 1. The Morgan fingerprint density at radius 1 is 1.56 bits per heavy atom. The summed E-state index contributed by atoms with van der Waals surface area (Å²) in [5.41, 5.74) is 0.689. The molecule has 3 nitrogen and oxygen atoms in total. The van der Waals surface area contributed by atoms with Crippen molar-refractivity contribution in [3.05, 3.63) is 40.9 Å². The van der Waals surface area contributed by atoms with Gasteiger partial charge in [0, 0.05) is 6.54 Å². The van der Waals surface area contributed by atoms with Gasteiger partial charge in [-0.3, -0.25) is 0 Å². The Morgan fingerprint density at radius 2 is 2.31 bits per heavy atom. The largest absolute Gasteiger partial charge is 0.478 e. The van der Waals surface area contributed by atoms with Crippen LogP contribution >= 0.6 is 11.6 Å². The first-order valence-electron chi connectivity index (χ1n) is 5.03. The molecule has 0 unspecified atom stereocenters. The molecular formula is C12H14ClNO2. The Balaban J connectivity index is 2.79. The molecule has 86 valence electrons. The lowest BCUT2D eigenvalue weighted by Gasteiger charge is -2.09. The highest BCUT2D eigenvalue weighted by atomic mass is 35.5. The van der Waals surface area contributed by atoms with Crippen LogP contribution in [0.3, 0.4) is 0 Å². The minimum Gasteiger partial charge on any atom is -0.478 e. The van der Waals surface area contributed by atoms with E-state index >= 15 is 0 Å².